The van der Waals surface area contributed by atoms with Gasteiger partial charge < -0.3 is 9.80 Å². The smallest absolute Gasteiger partial charge is 0.242 e. The highest BCUT2D eigenvalue weighted by atomic mass is 35.5. The van der Waals surface area contributed by atoms with E-state index in [9.17, 15) is 9.59 Å². The summed E-state index contributed by atoms with van der Waals surface area (Å²) in [5.74, 6) is 0.0576. The fourth-order valence-corrected chi connectivity index (χ4v) is 2.70. The van der Waals surface area contributed by atoms with E-state index in [-0.39, 0.29) is 18.4 Å². The predicted molar refractivity (Wildman–Crippen MR) is 83.0 cm³/mol. The molecule has 1 aliphatic rings. The lowest BCUT2D eigenvalue weighted by Crippen LogP contribution is -2.41. The minimum atomic E-state index is -0.0368. The topological polar surface area (TPSA) is 40.6 Å². The van der Waals surface area contributed by atoms with E-state index in [0.717, 1.165) is 24.8 Å². The number of halogens is 1. The van der Waals surface area contributed by atoms with Crippen LogP contribution in [0.15, 0.2) is 24.3 Å². The van der Waals surface area contributed by atoms with Gasteiger partial charge >= 0.3 is 0 Å². The van der Waals surface area contributed by atoms with E-state index < -0.39 is 0 Å². The fraction of sp³-hybridized carbons (Fsp3) is 0.500. The number of carbonyl (C=O) groups excluding carboxylic acids is 2. The van der Waals surface area contributed by atoms with E-state index in [1.54, 1.807) is 16.8 Å². The molecule has 1 saturated heterocycles. The Bertz CT molecular complexity index is 519. The summed E-state index contributed by atoms with van der Waals surface area (Å²) >= 11 is 5.94. The van der Waals surface area contributed by atoms with Crippen molar-refractivity contribution in [2.75, 3.05) is 20.1 Å². The van der Waals surface area contributed by atoms with Crippen LogP contribution in [-0.2, 0) is 16.1 Å². The van der Waals surface area contributed by atoms with Gasteiger partial charge in [-0.1, -0.05) is 30.2 Å². The first-order valence-corrected chi connectivity index (χ1v) is 7.70. The van der Waals surface area contributed by atoms with Gasteiger partial charge in [0.05, 0.1) is 6.54 Å². The van der Waals surface area contributed by atoms with Gasteiger partial charge in [-0.2, -0.15) is 0 Å². The molecule has 114 valence electrons. The Morgan fingerprint density at radius 3 is 2.90 bits per heavy atom. The summed E-state index contributed by atoms with van der Waals surface area (Å²) in [6.45, 7) is 1.37. The molecule has 1 fully saturated rings. The van der Waals surface area contributed by atoms with Crippen LogP contribution >= 0.6 is 11.6 Å². The minimum Gasteiger partial charge on any atom is -0.340 e. The van der Waals surface area contributed by atoms with Gasteiger partial charge in [0.15, 0.2) is 0 Å². The molecule has 0 radical (unpaired) electrons. The molecular formula is C16H21ClN2O2. The summed E-state index contributed by atoms with van der Waals surface area (Å²) in [7, 11) is 1.76. The van der Waals surface area contributed by atoms with E-state index in [2.05, 4.69) is 0 Å². The van der Waals surface area contributed by atoms with Crippen LogP contribution < -0.4 is 0 Å². The monoisotopic (exact) mass is 308 g/mol. The standard InChI is InChI=1S/C16H21ClN2O2/c1-18(11-13-6-5-7-14(17)10-13)16(21)12-19-9-4-2-3-8-15(19)20/h5-7,10H,2-4,8-9,11-12H2,1H3. The maximum atomic E-state index is 12.3. The Morgan fingerprint density at radius 1 is 1.33 bits per heavy atom. The van der Waals surface area contributed by atoms with E-state index >= 15 is 0 Å². The van der Waals surface area contributed by atoms with E-state index in [0.29, 0.717) is 24.5 Å². The SMILES string of the molecule is CN(Cc1cccc(Cl)c1)C(=O)CN1CCCCCC1=O. The fourth-order valence-electron chi connectivity index (χ4n) is 2.49. The number of nitrogens with zero attached hydrogens (tertiary/aromatic N) is 2. The zero-order chi connectivity index (χ0) is 15.2. The van der Waals surface area contributed by atoms with Crippen LogP contribution in [-0.4, -0.2) is 41.8 Å². The van der Waals surface area contributed by atoms with Crippen LogP contribution in [0.3, 0.4) is 0 Å². The van der Waals surface area contributed by atoms with E-state index in [1.807, 2.05) is 24.3 Å². The quantitative estimate of drug-likeness (QED) is 0.858. The van der Waals surface area contributed by atoms with Crippen LogP contribution in [0.1, 0.15) is 31.2 Å². The molecule has 1 aromatic rings. The second-order valence-electron chi connectivity index (χ2n) is 5.51. The minimum absolute atomic E-state index is 0.0368. The average molecular weight is 309 g/mol. The maximum Gasteiger partial charge on any atom is 0.242 e. The molecule has 1 aromatic carbocycles. The van der Waals surface area contributed by atoms with Gasteiger partial charge in [0.1, 0.15) is 0 Å². The molecule has 1 aliphatic heterocycles. The zero-order valence-corrected chi connectivity index (χ0v) is 13.1. The molecule has 21 heavy (non-hydrogen) atoms. The van der Waals surface area contributed by atoms with Crippen molar-refractivity contribution < 1.29 is 9.59 Å². The number of likely N-dealkylation sites (N-methyl/N-ethyl adjacent to an activating group) is 1. The third kappa shape index (κ3) is 4.74. The first kappa shape index (κ1) is 15.8. The third-order valence-electron chi connectivity index (χ3n) is 3.73. The number of carbonyl (C=O) groups is 2. The largest absolute Gasteiger partial charge is 0.340 e. The molecule has 0 saturated carbocycles. The predicted octanol–water partition coefficient (Wildman–Crippen LogP) is 2.70. The third-order valence-corrected chi connectivity index (χ3v) is 3.97. The molecule has 5 heteroatoms. The lowest BCUT2D eigenvalue weighted by Gasteiger charge is -2.24. The van der Waals surface area contributed by atoms with E-state index in [4.69, 9.17) is 11.6 Å². The van der Waals surface area contributed by atoms with Crippen molar-refractivity contribution in [1.29, 1.82) is 0 Å². The van der Waals surface area contributed by atoms with Gasteiger partial charge in [0.25, 0.3) is 0 Å². The van der Waals surface area contributed by atoms with Crippen LogP contribution in [0.25, 0.3) is 0 Å². The van der Waals surface area contributed by atoms with Gasteiger partial charge in [0, 0.05) is 31.6 Å². The van der Waals surface area contributed by atoms with E-state index in [1.165, 1.54) is 0 Å². The first-order chi connectivity index (χ1) is 10.1. The summed E-state index contributed by atoms with van der Waals surface area (Å²) in [4.78, 5) is 27.5. The molecule has 2 amide bonds. The summed E-state index contributed by atoms with van der Waals surface area (Å²) in [5, 5.41) is 0.663. The highest BCUT2D eigenvalue weighted by Crippen LogP contribution is 2.14. The Kier molecular flexibility index (Phi) is 5.62. The van der Waals surface area contributed by atoms with Gasteiger partial charge in [-0.3, -0.25) is 9.59 Å². The molecule has 0 bridgehead atoms. The highest BCUT2D eigenvalue weighted by molar-refractivity contribution is 6.30. The van der Waals surface area contributed by atoms with Crippen molar-refractivity contribution in [2.24, 2.45) is 0 Å². The molecule has 0 aliphatic carbocycles. The van der Waals surface area contributed by atoms with Crippen LogP contribution in [0.5, 0.6) is 0 Å². The Labute approximate surface area is 130 Å². The zero-order valence-electron chi connectivity index (χ0n) is 12.3. The molecule has 0 N–H and O–H groups in total. The van der Waals surface area contributed by atoms with Gasteiger partial charge in [-0.25, -0.2) is 0 Å². The molecule has 0 atom stereocenters. The van der Waals surface area contributed by atoms with Crippen molar-refractivity contribution in [3.8, 4) is 0 Å². The summed E-state index contributed by atoms with van der Waals surface area (Å²) in [6, 6.07) is 7.46. The van der Waals surface area contributed by atoms with Gasteiger partial charge in [-0.05, 0) is 30.5 Å². The van der Waals surface area contributed by atoms with Crippen molar-refractivity contribution in [2.45, 2.75) is 32.2 Å². The number of hydrogen-bond acceptors (Lipinski definition) is 2. The molecule has 1 heterocycles. The lowest BCUT2D eigenvalue weighted by atomic mass is 10.2. The molecule has 0 aromatic heterocycles. The molecule has 0 unspecified atom stereocenters. The highest BCUT2D eigenvalue weighted by Gasteiger charge is 2.21. The van der Waals surface area contributed by atoms with Gasteiger partial charge in [-0.15, -0.1) is 0 Å². The second-order valence-corrected chi connectivity index (χ2v) is 5.94. The normalized spacial score (nSPS) is 15.7. The van der Waals surface area contributed by atoms with Crippen LogP contribution in [0.4, 0.5) is 0 Å². The lowest BCUT2D eigenvalue weighted by molar-refractivity contribution is -0.139. The van der Waals surface area contributed by atoms with Crippen molar-refractivity contribution in [3.63, 3.8) is 0 Å². The van der Waals surface area contributed by atoms with Crippen molar-refractivity contribution in [1.82, 2.24) is 9.80 Å². The Balaban J connectivity index is 1.91. The average Bonchev–Trinajstić information content (AvgIpc) is 2.64. The van der Waals surface area contributed by atoms with Crippen LogP contribution in [0, 0.1) is 0 Å². The number of amides is 2. The van der Waals surface area contributed by atoms with Crippen LogP contribution in [0.2, 0.25) is 5.02 Å². The van der Waals surface area contributed by atoms with Crippen molar-refractivity contribution >= 4 is 23.4 Å². The number of likely N-dealkylation sites (tertiary alicyclic amines) is 1. The molecule has 0 spiro atoms. The Morgan fingerprint density at radius 2 is 2.14 bits per heavy atom. The van der Waals surface area contributed by atoms with Crippen molar-refractivity contribution in [3.05, 3.63) is 34.9 Å². The molecule has 2 rings (SSSR count). The molecule has 4 nitrogen and oxygen atoms in total. The summed E-state index contributed by atoms with van der Waals surface area (Å²) in [6.07, 6.45) is 3.54. The second kappa shape index (κ2) is 7.46. The maximum absolute atomic E-state index is 12.3. The van der Waals surface area contributed by atoms with Gasteiger partial charge in [0.2, 0.25) is 11.8 Å². The first-order valence-electron chi connectivity index (χ1n) is 7.32. The number of hydrogen-bond donors (Lipinski definition) is 0. The molecular weight excluding hydrogens is 288 g/mol. The summed E-state index contributed by atoms with van der Waals surface area (Å²) in [5.41, 5.74) is 0.987. The number of benzene rings is 1. The Hall–Kier alpha value is -1.55. The number of rotatable bonds is 4. The summed E-state index contributed by atoms with van der Waals surface area (Å²) < 4.78 is 0.